The molecule has 0 aromatic heterocycles. The van der Waals surface area contributed by atoms with E-state index in [0.29, 0.717) is 0 Å². The van der Waals surface area contributed by atoms with Gasteiger partial charge in [0.2, 0.25) is 0 Å². The molecule has 6 N–H and O–H groups in total. The van der Waals surface area contributed by atoms with Gasteiger partial charge in [-0.1, -0.05) is 0 Å². The SMILES string of the molecule is Oc1cc(O)c(-c2c(O)cc(O)cc2O)c(O)c1. The lowest BCUT2D eigenvalue weighted by Gasteiger charge is -2.12. The van der Waals surface area contributed by atoms with E-state index in [2.05, 4.69) is 0 Å². The van der Waals surface area contributed by atoms with Gasteiger partial charge in [-0.25, -0.2) is 0 Å². The van der Waals surface area contributed by atoms with E-state index < -0.39 is 23.0 Å². The molecule has 0 radical (unpaired) electrons. The molecular formula is C12H10O6. The highest BCUT2D eigenvalue weighted by Gasteiger charge is 2.20. The maximum atomic E-state index is 9.64. The normalized spacial score (nSPS) is 10.4. The number of rotatable bonds is 1. The maximum absolute atomic E-state index is 9.64. The first-order valence-electron chi connectivity index (χ1n) is 4.90. The smallest absolute Gasteiger partial charge is 0.131 e. The number of hydrogen-bond donors (Lipinski definition) is 6. The first kappa shape index (κ1) is 11.7. The van der Waals surface area contributed by atoms with Crippen molar-refractivity contribution in [2.75, 3.05) is 0 Å². The van der Waals surface area contributed by atoms with Crippen LogP contribution in [0, 0.1) is 0 Å². The largest absolute Gasteiger partial charge is 0.508 e. The van der Waals surface area contributed by atoms with E-state index in [0.717, 1.165) is 24.3 Å². The average molecular weight is 250 g/mol. The van der Waals surface area contributed by atoms with E-state index in [1.54, 1.807) is 0 Å². The average Bonchev–Trinajstić information content (AvgIpc) is 2.20. The van der Waals surface area contributed by atoms with E-state index >= 15 is 0 Å². The summed E-state index contributed by atoms with van der Waals surface area (Å²) in [5.74, 6) is -2.84. The van der Waals surface area contributed by atoms with E-state index in [-0.39, 0.29) is 22.6 Å². The number of benzene rings is 2. The lowest BCUT2D eigenvalue weighted by molar-refractivity contribution is 0.419. The van der Waals surface area contributed by atoms with Crippen LogP contribution in [0.2, 0.25) is 0 Å². The lowest BCUT2D eigenvalue weighted by Crippen LogP contribution is -1.84. The van der Waals surface area contributed by atoms with Gasteiger partial charge in [-0.3, -0.25) is 0 Å². The van der Waals surface area contributed by atoms with E-state index in [9.17, 15) is 20.4 Å². The van der Waals surface area contributed by atoms with Gasteiger partial charge in [0.25, 0.3) is 0 Å². The van der Waals surface area contributed by atoms with Crippen molar-refractivity contribution in [3.63, 3.8) is 0 Å². The summed E-state index contributed by atoms with van der Waals surface area (Å²) in [6.07, 6.45) is 0. The summed E-state index contributed by atoms with van der Waals surface area (Å²) in [6, 6.07) is 3.78. The summed E-state index contributed by atoms with van der Waals surface area (Å²) in [5.41, 5.74) is -0.495. The fourth-order valence-corrected chi connectivity index (χ4v) is 1.71. The van der Waals surface area contributed by atoms with Crippen LogP contribution < -0.4 is 0 Å². The van der Waals surface area contributed by atoms with E-state index in [4.69, 9.17) is 10.2 Å². The molecule has 6 nitrogen and oxygen atoms in total. The minimum absolute atomic E-state index is 0.247. The maximum Gasteiger partial charge on any atom is 0.131 e. The van der Waals surface area contributed by atoms with Crippen molar-refractivity contribution < 1.29 is 30.6 Å². The summed E-state index contributed by atoms with van der Waals surface area (Å²) in [5, 5.41) is 56.9. The predicted molar refractivity (Wildman–Crippen MR) is 61.9 cm³/mol. The molecule has 6 heteroatoms. The van der Waals surface area contributed by atoms with Crippen molar-refractivity contribution in [3.05, 3.63) is 24.3 Å². The van der Waals surface area contributed by atoms with Crippen LogP contribution in [0.5, 0.6) is 34.5 Å². The van der Waals surface area contributed by atoms with Crippen LogP contribution in [0.15, 0.2) is 24.3 Å². The monoisotopic (exact) mass is 250 g/mol. The second kappa shape index (κ2) is 3.92. The van der Waals surface area contributed by atoms with Crippen molar-refractivity contribution in [2.24, 2.45) is 0 Å². The van der Waals surface area contributed by atoms with Gasteiger partial charge in [0.05, 0.1) is 11.1 Å². The molecule has 0 bridgehead atoms. The Bertz CT molecular complexity index is 518. The molecule has 0 saturated heterocycles. The quantitative estimate of drug-likeness (QED) is 0.457. The summed E-state index contributed by atoms with van der Waals surface area (Å²) >= 11 is 0. The van der Waals surface area contributed by atoms with Crippen LogP contribution in [0.1, 0.15) is 0 Å². The Labute approximate surface area is 101 Å². The zero-order chi connectivity index (χ0) is 13.4. The Morgan fingerprint density at radius 1 is 0.444 bits per heavy atom. The van der Waals surface area contributed by atoms with Gasteiger partial charge in [0.15, 0.2) is 0 Å². The topological polar surface area (TPSA) is 121 Å². The molecule has 0 spiro atoms. The van der Waals surface area contributed by atoms with Crippen molar-refractivity contribution in [3.8, 4) is 45.6 Å². The molecule has 94 valence electrons. The highest BCUT2D eigenvalue weighted by atomic mass is 16.3. The van der Waals surface area contributed by atoms with Gasteiger partial charge >= 0.3 is 0 Å². The third kappa shape index (κ3) is 1.80. The third-order valence-electron chi connectivity index (χ3n) is 2.41. The van der Waals surface area contributed by atoms with Crippen molar-refractivity contribution >= 4 is 0 Å². The number of phenols is 6. The standard InChI is InChI=1S/C12H10O6/c13-5-1-7(15)11(8(16)2-5)12-9(17)3-6(14)4-10(12)18/h1-4,13-18H. The molecule has 0 unspecified atom stereocenters. The molecule has 2 aromatic carbocycles. The molecule has 0 saturated carbocycles. The first-order valence-corrected chi connectivity index (χ1v) is 4.90. The minimum Gasteiger partial charge on any atom is -0.508 e. The summed E-state index contributed by atoms with van der Waals surface area (Å²) < 4.78 is 0. The Balaban J connectivity index is 2.78. The van der Waals surface area contributed by atoms with Crippen LogP contribution in [0.3, 0.4) is 0 Å². The second-order valence-corrected chi connectivity index (χ2v) is 3.72. The minimum atomic E-state index is -0.524. The zero-order valence-corrected chi connectivity index (χ0v) is 8.99. The molecule has 0 fully saturated rings. The van der Waals surface area contributed by atoms with Crippen molar-refractivity contribution in [2.45, 2.75) is 0 Å². The molecule has 18 heavy (non-hydrogen) atoms. The van der Waals surface area contributed by atoms with Crippen LogP contribution >= 0.6 is 0 Å². The Morgan fingerprint density at radius 3 is 0.889 bits per heavy atom. The van der Waals surface area contributed by atoms with Crippen molar-refractivity contribution in [1.29, 1.82) is 0 Å². The van der Waals surface area contributed by atoms with Crippen LogP contribution in [0.25, 0.3) is 11.1 Å². The highest BCUT2D eigenvalue weighted by Crippen LogP contribution is 2.48. The van der Waals surface area contributed by atoms with E-state index in [1.807, 2.05) is 0 Å². The van der Waals surface area contributed by atoms with Gasteiger partial charge in [0, 0.05) is 24.3 Å². The number of aromatic hydroxyl groups is 6. The van der Waals surface area contributed by atoms with Gasteiger partial charge in [-0.15, -0.1) is 0 Å². The van der Waals surface area contributed by atoms with Crippen LogP contribution in [0.4, 0.5) is 0 Å². The third-order valence-corrected chi connectivity index (χ3v) is 2.41. The molecule has 0 aliphatic heterocycles. The summed E-state index contributed by atoms with van der Waals surface area (Å²) in [4.78, 5) is 0. The van der Waals surface area contributed by atoms with Crippen LogP contribution in [-0.2, 0) is 0 Å². The molecule has 0 amide bonds. The molecule has 0 aliphatic carbocycles. The molecule has 0 aliphatic rings. The summed E-state index contributed by atoms with van der Waals surface area (Å²) in [7, 11) is 0. The lowest BCUT2D eigenvalue weighted by atomic mass is 10.0. The highest BCUT2D eigenvalue weighted by molar-refractivity contribution is 5.85. The summed E-state index contributed by atoms with van der Waals surface area (Å²) in [6.45, 7) is 0. The fourth-order valence-electron chi connectivity index (χ4n) is 1.71. The number of hydrogen-bond acceptors (Lipinski definition) is 6. The Hall–Kier alpha value is -2.76. The molecule has 0 atom stereocenters. The van der Waals surface area contributed by atoms with Gasteiger partial charge in [0.1, 0.15) is 34.5 Å². The zero-order valence-electron chi connectivity index (χ0n) is 8.99. The van der Waals surface area contributed by atoms with Crippen LogP contribution in [-0.4, -0.2) is 30.6 Å². The molecule has 0 heterocycles. The molecular weight excluding hydrogens is 240 g/mol. The molecule has 2 aromatic rings. The van der Waals surface area contributed by atoms with E-state index in [1.165, 1.54) is 0 Å². The second-order valence-electron chi connectivity index (χ2n) is 3.72. The number of phenolic OH excluding ortho intramolecular Hbond substituents is 6. The molecule has 2 rings (SSSR count). The Morgan fingerprint density at radius 2 is 0.667 bits per heavy atom. The van der Waals surface area contributed by atoms with Gasteiger partial charge in [-0.05, 0) is 0 Å². The van der Waals surface area contributed by atoms with Gasteiger partial charge < -0.3 is 30.6 Å². The van der Waals surface area contributed by atoms with Gasteiger partial charge in [-0.2, -0.15) is 0 Å². The predicted octanol–water partition coefficient (Wildman–Crippen LogP) is 1.59. The Kier molecular flexibility index (Phi) is 2.55. The first-order chi connectivity index (χ1) is 8.40. The fraction of sp³-hybridized carbons (Fsp3) is 0. The van der Waals surface area contributed by atoms with Crippen molar-refractivity contribution in [1.82, 2.24) is 0 Å².